The molecule has 6 nitrogen and oxygen atoms in total. The molecule has 0 saturated heterocycles. The molecule has 0 fully saturated rings. The number of carbonyl (C=O) groups is 2. The highest BCUT2D eigenvalue weighted by Crippen LogP contribution is 2.28. The number of aryl methyl sites for hydroxylation is 2. The molecule has 0 bridgehead atoms. The molecule has 0 saturated carbocycles. The number of benzene rings is 2. The summed E-state index contributed by atoms with van der Waals surface area (Å²) >= 11 is 0. The predicted molar refractivity (Wildman–Crippen MR) is 118 cm³/mol. The molecule has 0 aliphatic rings. The van der Waals surface area contributed by atoms with Crippen LogP contribution in [0.4, 0.5) is 5.69 Å². The molecule has 0 radical (unpaired) electrons. The summed E-state index contributed by atoms with van der Waals surface area (Å²) in [6.45, 7) is 9.38. The molecule has 6 heteroatoms. The van der Waals surface area contributed by atoms with Crippen LogP contribution in [0, 0.1) is 13.8 Å². The summed E-state index contributed by atoms with van der Waals surface area (Å²) < 4.78 is 16.0. The summed E-state index contributed by atoms with van der Waals surface area (Å²) in [6.07, 6.45) is 3.55. The first-order valence-electron chi connectivity index (χ1n) is 9.52. The van der Waals surface area contributed by atoms with Crippen molar-refractivity contribution in [2.24, 2.45) is 0 Å². The number of hydrogen-bond acceptors (Lipinski definition) is 5. The van der Waals surface area contributed by atoms with Gasteiger partial charge in [-0.05, 0) is 56.2 Å². The van der Waals surface area contributed by atoms with Crippen molar-refractivity contribution in [1.82, 2.24) is 0 Å². The van der Waals surface area contributed by atoms with E-state index in [2.05, 4.69) is 11.9 Å². The van der Waals surface area contributed by atoms with Crippen LogP contribution in [0.15, 0.2) is 55.1 Å². The maximum atomic E-state index is 12.3. The number of ether oxygens (including phenoxy) is 3. The van der Waals surface area contributed by atoms with E-state index in [0.717, 1.165) is 16.7 Å². The third kappa shape index (κ3) is 6.51. The largest absolute Gasteiger partial charge is 0.493 e. The molecule has 0 spiro atoms. The third-order valence-corrected chi connectivity index (χ3v) is 4.26. The molecule has 30 heavy (non-hydrogen) atoms. The van der Waals surface area contributed by atoms with Crippen molar-refractivity contribution in [3.05, 3.63) is 71.8 Å². The summed E-state index contributed by atoms with van der Waals surface area (Å²) in [5.74, 6) is 0.0979. The molecule has 0 heterocycles. The van der Waals surface area contributed by atoms with E-state index in [4.69, 9.17) is 14.2 Å². The summed E-state index contributed by atoms with van der Waals surface area (Å²) in [6, 6.07) is 11.0. The van der Waals surface area contributed by atoms with Gasteiger partial charge in [-0.15, -0.1) is 0 Å². The Morgan fingerprint density at radius 2 is 1.90 bits per heavy atom. The topological polar surface area (TPSA) is 73.9 Å². The molecular formula is C24H27NO5. The maximum Gasteiger partial charge on any atom is 0.331 e. The van der Waals surface area contributed by atoms with Crippen LogP contribution in [0.1, 0.15) is 23.6 Å². The number of methoxy groups -OCH3 is 1. The van der Waals surface area contributed by atoms with Gasteiger partial charge in [0.1, 0.15) is 6.61 Å². The molecule has 2 aromatic rings. The Balaban J connectivity index is 1.96. The number of carbonyl (C=O) groups excluding carboxylic acids is 2. The van der Waals surface area contributed by atoms with Gasteiger partial charge < -0.3 is 19.5 Å². The summed E-state index contributed by atoms with van der Waals surface area (Å²) in [4.78, 5) is 24.4. The lowest BCUT2D eigenvalue weighted by Crippen LogP contribution is -2.29. The van der Waals surface area contributed by atoms with Crippen molar-refractivity contribution in [2.45, 2.75) is 26.9 Å². The van der Waals surface area contributed by atoms with Gasteiger partial charge >= 0.3 is 5.97 Å². The Kier molecular flexibility index (Phi) is 8.23. The minimum absolute atomic E-state index is 0.361. The fourth-order valence-electron chi connectivity index (χ4n) is 2.68. The van der Waals surface area contributed by atoms with Crippen LogP contribution in [0.3, 0.4) is 0 Å². The number of rotatable bonds is 9. The van der Waals surface area contributed by atoms with E-state index in [1.807, 2.05) is 32.0 Å². The van der Waals surface area contributed by atoms with Crippen molar-refractivity contribution >= 4 is 23.6 Å². The van der Waals surface area contributed by atoms with Crippen molar-refractivity contribution in [3.63, 3.8) is 0 Å². The quantitative estimate of drug-likeness (QED) is 0.376. The number of hydrogen-bond donors (Lipinski definition) is 1. The van der Waals surface area contributed by atoms with Crippen LogP contribution in [0.5, 0.6) is 11.5 Å². The number of amides is 1. The van der Waals surface area contributed by atoms with Gasteiger partial charge in [-0.3, -0.25) is 4.79 Å². The van der Waals surface area contributed by atoms with Gasteiger partial charge in [-0.25, -0.2) is 4.79 Å². The zero-order valence-electron chi connectivity index (χ0n) is 17.7. The molecule has 0 unspecified atom stereocenters. The van der Waals surface area contributed by atoms with Gasteiger partial charge in [-0.1, -0.05) is 36.4 Å². The van der Waals surface area contributed by atoms with Gasteiger partial charge in [0.25, 0.3) is 5.91 Å². The molecular weight excluding hydrogens is 382 g/mol. The molecule has 2 rings (SSSR count). The average Bonchev–Trinajstić information content (AvgIpc) is 2.72. The number of esters is 1. The maximum absolute atomic E-state index is 12.3. The Morgan fingerprint density at radius 3 is 2.57 bits per heavy atom. The fraction of sp³-hybridized carbons (Fsp3) is 0.250. The molecule has 1 atom stereocenters. The predicted octanol–water partition coefficient (Wildman–Crippen LogP) is 4.46. The van der Waals surface area contributed by atoms with E-state index in [-0.39, 0.29) is 0 Å². The molecule has 158 valence electrons. The lowest BCUT2D eigenvalue weighted by molar-refractivity contribution is -0.148. The Labute approximate surface area is 177 Å². The zero-order valence-corrected chi connectivity index (χ0v) is 17.7. The second-order valence-corrected chi connectivity index (χ2v) is 6.73. The smallest absolute Gasteiger partial charge is 0.331 e. The highest BCUT2D eigenvalue weighted by molar-refractivity contribution is 5.97. The molecule has 0 aliphatic heterocycles. The first-order valence-corrected chi connectivity index (χ1v) is 9.52. The van der Waals surface area contributed by atoms with E-state index < -0.39 is 18.0 Å². The highest BCUT2D eigenvalue weighted by atomic mass is 16.5. The van der Waals surface area contributed by atoms with E-state index in [1.165, 1.54) is 20.1 Å². The third-order valence-electron chi connectivity index (χ3n) is 4.26. The second-order valence-electron chi connectivity index (χ2n) is 6.73. The molecule has 2 aromatic carbocycles. The SMILES string of the molecule is C=CCOc1ccc(/C=C/C(=O)O[C@@H](C)C(=O)Nc2ccc(C)cc2C)cc1OC. The van der Waals surface area contributed by atoms with Crippen LogP contribution in [0.25, 0.3) is 6.08 Å². The van der Waals surface area contributed by atoms with Crippen molar-refractivity contribution in [2.75, 3.05) is 19.0 Å². The Bertz CT molecular complexity index is 949. The lowest BCUT2D eigenvalue weighted by atomic mass is 10.1. The van der Waals surface area contributed by atoms with Crippen molar-refractivity contribution in [3.8, 4) is 11.5 Å². The van der Waals surface area contributed by atoms with Crippen molar-refractivity contribution in [1.29, 1.82) is 0 Å². The van der Waals surface area contributed by atoms with E-state index >= 15 is 0 Å². The Hall–Kier alpha value is -3.54. The van der Waals surface area contributed by atoms with Crippen LogP contribution in [-0.4, -0.2) is 31.7 Å². The van der Waals surface area contributed by atoms with Gasteiger partial charge in [-0.2, -0.15) is 0 Å². The number of anilines is 1. The summed E-state index contributed by atoms with van der Waals surface area (Å²) in [5, 5.41) is 2.78. The minimum atomic E-state index is -0.938. The fourth-order valence-corrected chi connectivity index (χ4v) is 2.68. The van der Waals surface area contributed by atoms with Crippen LogP contribution in [-0.2, 0) is 14.3 Å². The monoisotopic (exact) mass is 409 g/mol. The van der Waals surface area contributed by atoms with E-state index in [0.29, 0.717) is 23.8 Å². The van der Waals surface area contributed by atoms with Crippen LogP contribution in [0.2, 0.25) is 0 Å². The van der Waals surface area contributed by atoms with Gasteiger partial charge in [0.15, 0.2) is 17.6 Å². The summed E-state index contributed by atoms with van der Waals surface area (Å²) in [7, 11) is 1.54. The summed E-state index contributed by atoms with van der Waals surface area (Å²) in [5.41, 5.74) is 3.46. The number of nitrogens with one attached hydrogen (secondary N) is 1. The van der Waals surface area contributed by atoms with Gasteiger partial charge in [0.05, 0.1) is 7.11 Å². The average molecular weight is 409 g/mol. The molecule has 0 aromatic heterocycles. The van der Waals surface area contributed by atoms with Crippen molar-refractivity contribution < 1.29 is 23.8 Å². The van der Waals surface area contributed by atoms with E-state index in [9.17, 15) is 9.59 Å². The Morgan fingerprint density at radius 1 is 1.13 bits per heavy atom. The van der Waals surface area contributed by atoms with Gasteiger partial charge in [0, 0.05) is 11.8 Å². The zero-order chi connectivity index (χ0) is 22.1. The van der Waals surface area contributed by atoms with Crippen LogP contribution < -0.4 is 14.8 Å². The van der Waals surface area contributed by atoms with E-state index in [1.54, 1.807) is 30.4 Å². The molecule has 1 amide bonds. The first-order chi connectivity index (χ1) is 14.3. The van der Waals surface area contributed by atoms with Crippen LogP contribution >= 0.6 is 0 Å². The lowest BCUT2D eigenvalue weighted by Gasteiger charge is -2.14. The van der Waals surface area contributed by atoms with Gasteiger partial charge in [0.2, 0.25) is 0 Å². The standard InChI is InChI=1S/C24H27NO5/c1-6-13-29-21-11-8-19(15-22(21)28-5)9-12-23(26)30-18(4)24(27)25-20-10-7-16(2)14-17(20)3/h6-12,14-15,18H,1,13H2,2-5H3,(H,25,27)/b12-9+/t18-/m0/s1. The molecule has 1 N–H and O–H groups in total. The molecule has 0 aliphatic carbocycles. The highest BCUT2D eigenvalue weighted by Gasteiger charge is 2.17. The minimum Gasteiger partial charge on any atom is -0.493 e. The first kappa shape index (κ1) is 22.7. The normalized spacial score (nSPS) is 11.6. The second kappa shape index (κ2) is 10.9.